The van der Waals surface area contributed by atoms with E-state index in [4.69, 9.17) is 21.1 Å². The molecule has 0 bridgehead atoms. The summed E-state index contributed by atoms with van der Waals surface area (Å²) in [5.74, 6) is -2.92. The normalized spacial score (nSPS) is 22.9. The van der Waals surface area contributed by atoms with Crippen LogP contribution in [0.25, 0.3) is 0 Å². The number of nitrogens with one attached hydrogen (secondary N) is 1. The maximum absolute atomic E-state index is 13.2. The second kappa shape index (κ2) is 10.2. The Bertz CT molecular complexity index is 985. The molecule has 1 aliphatic rings. The van der Waals surface area contributed by atoms with Crippen LogP contribution in [0.5, 0.6) is 0 Å². The Morgan fingerprint density at radius 3 is 2.28 bits per heavy atom. The van der Waals surface area contributed by atoms with Gasteiger partial charge in [0.15, 0.2) is 0 Å². The number of para-hydroxylation sites is 1. The topological polar surface area (TPSA) is 84.9 Å². The van der Waals surface area contributed by atoms with Gasteiger partial charge in [-0.15, -0.1) is 0 Å². The molecule has 0 spiro atoms. The minimum absolute atomic E-state index is 0.0453. The second-order valence-electron chi connectivity index (χ2n) is 7.90. The van der Waals surface area contributed by atoms with E-state index in [9.17, 15) is 14.7 Å². The Morgan fingerprint density at radius 2 is 1.69 bits per heavy atom. The van der Waals surface area contributed by atoms with Crippen molar-refractivity contribution in [2.45, 2.75) is 38.7 Å². The molecule has 0 heterocycles. The fourth-order valence-corrected chi connectivity index (χ4v) is 4.32. The summed E-state index contributed by atoms with van der Waals surface area (Å²) in [4.78, 5) is 26.3. The highest BCUT2D eigenvalue weighted by Crippen LogP contribution is 2.48. The molecule has 2 N–H and O–H groups in total. The summed E-state index contributed by atoms with van der Waals surface area (Å²) in [6.07, 6.45) is 0.0453. The molecule has 0 fully saturated rings. The van der Waals surface area contributed by atoms with Crippen LogP contribution in [0.3, 0.4) is 0 Å². The minimum Gasteiger partial charge on any atom is -0.466 e. The lowest BCUT2D eigenvalue weighted by molar-refractivity contribution is -0.159. The molecule has 7 heteroatoms. The quantitative estimate of drug-likeness (QED) is 0.587. The molecule has 0 aliphatic heterocycles. The van der Waals surface area contributed by atoms with Crippen molar-refractivity contribution in [2.75, 3.05) is 18.5 Å². The highest BCUT2D eigenvalue weighted by atomic mass is 35.5. The fraction of sp³-hybridized carbons (Fsp3) is 0.360. The van der Waals surface area contributed by atoms with E-state index in [0.717, 1.165) is 5.69 Å². The van der Waals surface area contributed by atoms with E-state index in [1.165, 1.54) is 0 Å². The van der Waals surface area contributed by atoms with Gasteiger partial charge in [-0.2, -0.15) is 0 Å². The first-order valence-corrected chi connectivity index (χ1v) is 11.0. The van der Waals surface area contributed by atoms with Gasteiger partial charge in [0.25, 0.3) is 0 Å². The summed E-state index contributed by atoms with van der Waals surface area (Å²) in [5.41, 5.74) is 0.721. The molecule has 170 valence electrons. The van der Waals surface area contributed by atoms with Gasteiger partial charge in [0.05, 0.1) is 30.3 Å². The number of hydrogen-bond donors (Lipinski definition) is 2. The largest absolute Gasteiger partial charge is 0.466 e. The van der Waals surface area contributed by atoms with Crippen molar-refractivity contribution >= 4 is 29.2 Å². The van der Waals surface area contributed by atoms with Crippen molar-refractivity contribution in [2.24, 2.45) is 5.92 Å². The van der Waals surface area contributed by atoms with E-state index in [2.05, 4.69) is 5.32 Å². The average Bonchev–Trinajstić information content (AvgIpc) is 2.74. The number of rotatable bonds is 7. The number of halogens is 1. The molecule has 3 rings (SSSR count). The Labute approximate surface area is 193 Å². The number of esters is 2. The number of anilines is 1. The van der Waals surface area contributed by atoms with Gasteiger partial charge >= 0.3 is 11.9 Å². The SMILES string of the molecule is CCOC(=O)C1=C(Nc2ccccc2)C[C@@](C)(O)[C@H](C(=O)OCC)[C@H]1c1ccc(Cl)cc1. The summed E-state index contributed by atoms with van der Waals surface area (Å²) < 4.78 is 10.7. The number of carbonyl (C=O) groups is 2. The van der Waals surface area contributed by atoms with Gasteiger partial charge < -0.3 is 19.9 Å². The van der Waals surface area contributed by atoms with Gasteiger partial charge in [-0.05, 0) is 50.6 Å². The molecular weight excluding hydrogens is 430 g/mol. The molecule has 6 nitrogen and oxygen atoms in total. The zero-order valence-corrected chi connectivity index (χ0v) is 19.2. The molecule has 2 aromatic carbocycles. The maximum Gasteiger partial charge on any atom is 0.336 e. The van der Waals surface area contributed by atoms with E-state index >= 15 is 0 Å². The smallest absolute Gasteiger partial charge is 0.336 e. The van der Waals surface area contributed by atoms with Crippen molar-refractivity contribution in [1.29, 1.82) is 0 Å². The third-order valence-electron chi connectivity index (χ3n) is 5.51. The number of aliphatic hydroxyl groups is 1. The van der Waals surface area contributed by atoms with Crippen molar-refractivity contribution in [3.8, 4) is 0 Å². The molecule has 0 amide bonds. The molecule has 1 aliphatic carbocycles. The van der Waals surface area contributed by atoms with Gasteiger partial charge in [-0.25, -0.2) is 4.79 Å². The van der Waals surface area contributed by atoms with Crippen molar-refractivity contribution in [1.82, 2.24) is 0 Å². The van der Waals surface area contributed by atoms with Crippen LogP contribution in [0, 0.1) is 5.92 Å². The second-order valence-corrected chi connectivity index (χ2v) is 8.33. The summed E-state index contributed by atoms with van der Waals surface area (Å²) in [6, 6.07) is 16.2. The van der Waals surface area contributed by atoms with Gasteiger partial charge in [0.1, 0.15) is 0 Å². The van der Waals surface area contributed by atoms with Crippen LogP contribution >= 0.6 is 11.6 Å². The molecule has 32 heavy (non-hydrogen) atoms. The van der Waals surface area contributed by atoms with Gasteiger partial charge in [0.2, 0.25) is 0 Å². The zero-order valence-electron chi connectivity index (χ0n) is 18.4. The highest BCUT2D eigenvalue weighted by molar-refractivity contribution is 6.30. The number of benzene rings is 2. The first-order valence-electron chi connectivity index (χ1n) is 10.6. The Morgan fingerprint density at radius 1 is 1.06 bits per heavy atom. The molecule has 0 unspecified atom stereocenters. The third kappa shape index (κ3) is 5.14. The van der Waals surface area contributed by atoms with Crippen LogP contribution in [0.15, 0.2) is 65.9 Å². The lowest BCUT2D eigenvalue weighted by atomic mass is 9.66. The lowest BCUT2D eigenvalue weighted by Gasteiger charge is -2.43. The summed E-state index contributed by atoms with van der Waals surface area (Å²) >= 11 is 6.08. The van der Waals surface area contributed by atoms with Crippen LogP contribution in [0.1, 0.15) is 38.7 Å². The van der Waals surface area contributed by atoms with Gasteiger partial charge in [0, 0.05) is 28.7 Å². The van der Waals surface area contributed by atoms with Crippen LogP contribution in [-0.2, 0) is 19.1 Å². The van der Waals surface area contributed by atoms with Crippen LogP contribution in [-0.4, -0.2) is 35.9 Å². The number of ether oxygens (including phenoxy) is 2. The van der Waals surface area contributed by atoms with Crippen molar-refractivity contribution in [3.63, 3.8) is 0 Å². The first-order chi connectivity index (χ1) is 15.3. The van der Waals surface area contributed by atoms with Gasteiger partial charge in [-0.3, -0.25) is 4.79 Å². The highest BCUT2D eigenvalue weighted by Gasteiger charge is 2.52. The van der Waals surface area contributed by atoms with E-state index in [-0.39, 0.29) is 19.6 Å². The van der Waals surface area contributed by atoms with Gasteiger partial charge in [-0.1, -0.05) is 41.9 Å². The Hall–Kier alpha value is -2.83. The molecule has 0 saturated heterocycles. The lowest BCUT2D eigenvalue weighted by Crippen LogP contribution is -2.49. The predicted molar refractivity (Wildman–Crippen MR) is 123 cm³/mol. The fourth-order valence-electron chi connectivity index (χ4n) is 4.19. The zero-order chi connectivity index (χ0) is 23.3. The van der Waals surface area contributed by atoms with Crippen LogP contribution < -0.4 is 5.32 Å². The Kier molecular flexibility index (Phi) is 7.59. The van der Waals surface area contributed by atoms with Crippen molar-refractivity contribution < 1.29 is 24.2 Å². The summed E-state index contributed by atoms with van der Waals surface area (Å²) in [7, 11) is 0. The number of hydrogen-bond acceptors (Lipinski definition) is 6. The van der Waals surface area contributed by atoms with E-state index < -0.39 is 29.4 Å². The molecule has 2 aromatic rings. The Balaban J connectivity index is 2.23. The third-order valence-corrected chi connectivity index (χ3v) is 5.76. The molecule has 3 atom stereocenters. The average molecular weight is 458 g/mol. The standard InChI is InChI=1S/C25H28ClNO5/c1-4-31-23(28)21-19(27-18-9-7-6-8-10-18)15-25(3,30)22(24(29)32-5-2)20(21)16-11-13-17(26)14-12-16/h6-14,20,22,27,30H,4-5,15H2,1-3H3/t20-,22-,25+/m0/s1. The summed E-state index contributed by atoms with van der Waals surface area (Å²) in [5, 5.41) is 15.2. The molecule has 0 aromatic heterocycles. The first kappa shape index (κ1) is 23.8. The minimum atomic E-state index is -1.48. The monoisotopic (exact) mass is 457 g/mol. The van der Waals surface area contributed by atoms with E-state index in [1.807, 2.05) is 30.3 Å². The number of carbonyl (C=O) groups excluding carboxylic acids is 2. The molecule has 0 saturated carbocycles. The van der Waals surface area contributed by atoms with E-state index in [1.54, 1.807) is 45.0 Å². The molecular formula is C25H28ClNO5. The summed E-state index contributed by atoms with van der Waals surface area (Å²) in [6.45, 7) is 5.35. The molecule has 0 radical (unpaired) electrons. The van der Waals surface area contributed by atoms with Crippen molar-refractivity contribution in [3.05, 3.63) is 76.5 Å². The van der Waals surface area contributed by atoms with Crippen LogP contribution in [0.4, 0.5) is 5.69 Å². The predicted octanol–water partition coefficient (Wildman–Crippen LogP) is 4.69. The van der Waals surface area contributed by atoms with Crippen LogP contribution in [0.2, 0.25) is 5.02 Å². The maximum atomic E-state index is 13.2. The van der Waals surface area contributed by atoms with E-state index in [0.29, 0.717) is 21.9 Å².